The number of carbonyl (C=O) groups is 1. The number of halogens is 2. The van der Waals surface area contributed by atoms with Crippen LogP contribution >= 0.6 is 11.6 Å². The average molecular weight is 612 g/mol. The van der Waals surface area contributed by atoms with Crippen molar-refractivity contribution in [1.82, 2.24) is 9.66 Å². The number of nitro benzene ring substituents is 1. The second kappa shape index (κ2) is 11.8. The largest absolute Gasteiger partial charge is 0.477 e. The lowest BCUT2D eigenvalue weighted by molar-refractivity contribution is -0.385. The van der Waals surface area contributed by atoms with Crippen LogP contribution in [0.4, 0.5) is 15.8 Å². The molecule has 6 aromatic rings. The van der Waals surface area contributed by atoms with Gasteiger partial charge in [0.2, 0.25) is 5.82 Å². The Bertz CT molecular complexity index is 2180. The van der Waals surface area contributed by atoms with Gasteiger partial charge in [0.25, 0.3) is 11.5 Å². The summed E-state index contributed by atoms with van der Waals surface area (Å²) in [6.07, 6.45) is 1.26. The molecule has 0 saturated carbocycles. The van der Waals surface area contributed by atoms with Gasteiger partial charge in [-0.05, 0) is 66.7 Å². The van der Waals surface area contributed by atoms with Gasteiger partial charge in [-0.25, -0.2) is 9.37 Å². The molecule has 44 heavy (non-hydrogen) atoms. The molecule has 6 rings (SSSR count). The number of benzene rings is 4. The highest BCUT2D eigenvalue weighted by molar-refractivity contribution is 6.31. The number of nitrogens with one attached hydrogen (secondary N) is 1. The van der Waals surface area contributed by atoms with Gasteiger partial charge in [-0.3, -0.25) is 19.7 Å². The third-order valence-corrected chi connectivity index (χ3v) is 6.66. The fourth-order valence-corrected chi connectivity index (χ4v) is 4.61. The Morgan fingerprint density at radius 2 is 1.93 bits per heavy atom. The molecule has 0 aliphatic heterocycles. The normalized spacial score (nSPS) is 11.3. The van der Waals surface area contributed by atoms with Crippen molar-refractivity contribution < 1.29 is 23.3 Å². The summed E-state index contributed by atoms with van der Waals surface area (Å²) in [5, 5.41) is 20.1. The summed E-state index contributed by atoms with van der Waals surface area (Å²) in [5.41, 5.74) is 0.499. The summed E-state index contributed by atoms with van der Waals surface area (Å²) < 4.78 is 25.8. The van der Waals surface area contributed by atoms with Crippen LogP contribution in [0.1, 0.15) is 5.56 Å². The zero-order chi connectivity index (χ0) is 30.8. The summed E-state index contributed by atoms with van der Waals surface area (Å²) in [6, 6.07) is 22.7. The van der Waals surface area contributed by atoms with Gasteiger partial charge in [-0.15, -0.1) is 0 Å². The van der Waals surface area contributed by atoms with Crippen LogP contribution in [0.5, 0.6) is 5.75 Å². The number of furan rings is 1. The maximum atomic E-state index is 13.5. The van der Waals surface area contributed by atoms with E-state index < -0.39 is 34.5 Å². The molecule has 0 atom stereocenters. The number of para-hydroxylation sites is 1. The number of rotatable bonds is 8. The van der Waals surface area contributed by atoms with Crippen molar-refractivity contribution in [3.63, 3.8) is 0 Å². The van der Waals surface area contributed by atoms with Gasteiger partial charge < -0.3 is 14.5 Å². The molecule has 2 aromatic heterocycles. The Morgan fingerprint density at radius 1 is 1.09 bits per heavy atom. The molecule has 0 bridgehead atoms. The molecule has 0 aliphatic rings. The first-order valence-corrected chi connectivity index (χ1v) is 13.4. The second-order valence-corrected chi connectivity index (χ2v) is 9.87. The first-order chi connectivity index (χ1) is 21.2. The van der Waals surface area contributed by atoms with E-state index in [1.165, 1.54) is 42.6 Å². The Morgan fingerprint density at radius 3 is 2.75 bits per heavy atom. The van der Waals surface area contributed by atoms with Crippen LogP contribution in [-0.4, -0.2) is 33.3 Å². The van der Waals surface area contributed by atoms with Crippen LogP contribution in [0.2, 0.25) is 5.02 Å². The lowest BCUT2D eigenvalue weighted by Crippen LogP contribution is -2.20. The Kier molecular flexibility index (Phi) is 7.56. The predicted octanol–water partition coefficient (Wildman–Crippen LogP) is 6.41. The van der Waals surface area contributed by atoms with Gasteiger partial charge >= 0.3 is 5.69 Å². The molecule has 0 fully saturated rings. The van der Waals surface area contributed by atoms with E-state index in [1.807, 2.05) is 0 Å². The molecule has 0 spiro atoms. The van der Waals surface area contributed by atoms with Crippen molar-refractivity contribution >= 4 is 57.0 Å². The minimum atomic E-state index is -0.675. The number of aromatic nitrogens is 2. The SMILES string of the molecule is O=C(COc1ccc(C=Nn2c(-c3cc4cc(Cl)ccc4o3)nc3ccccc3c2=O)cc1[N+](=O)[O-])Nc1cccc(F)c1. The minimum absolute atomic E-state index is 0.107. The Hall–Kier alpha value is -5.88. The summed E-state index contributed by atoms with van der Waals surface area (Å²) in [7, 11) is 0. The number of fused-ring (bicyclic) bond motifs is 2. The molecule has 2 heterocycles. The van der Waals surface area contributed by atoms with Crippen LogP contribution in [0, 0.1) is 15.9 Å². The van der Waals surface area contributed by atoms with Crippen LogP contribution in [0.15, 0.2) is 105 Å². The fraction of sp³-hybridized carbons (Fsp3) is 0.0323. The number of carbonyl (C=O) groups excluding carboxylic acids is 1. The summed E-state index contributed by atoms with van der Waals surface area (Å²) >= 11 is 6.12. The van der Waals surface area contributed by atoms with Crippen molar-refractivity contribution in [3.8, 4) is 17.3 Å². The molecular weight excluding hydrogens is 593 g/mol. The van der Waals surface area contributed by atoms with Gasteiger partial charge in [-0.1, -0.05) is 29.8 Å². The molecule has 13 heteroatoms. The molecule has 0 radical (unpaired) electrons. The van der Waals surface area contributed by atoms with Crippen LogP contribution in [-0.2, 0) is 4.79 Å². The van der Waals surface area contributed by atoms with Gasteiger partial charge in [0, 0.05) is 27.7 Å². The molecular formula is C31H19ClFN5O6. The van der Waals surface area contributed by atoms with Crippen LogP contribution in [0.3, 0.4) is 0 Å². The van der Waals surface area contributed by atoms with E-state index in [0.717, 1.165) is 10.7 Å². The van der Waals surface area contributed by atoms with Crippen molar-refractivity contribution in [1.29, 1.82) is 0 Å². The van der Waals surface area contributed by atoms with E-state index in [2.05, 4.69) is 15.4 Å². The molecule has 1 amide bonds. The minimum Gasteiger partial charge on any atom is -0.477 e. The highest BCUT2D eigenvalue weighted by Crippen LogP contribution is 2.30. The average Bonchev–Trinajstić information content (AvgIpc) is 3.43. The first-order valence-electron chi connectivity index (χ1n) is 13.0. The number of nitro groups is 1. The highest BCUT2D eigenvalue weighted by Gasteiger charge is 2.19. The molecule has 0 unspecified atom stereocenters. The Balaban J connectivity index is 1.31. The number of hydrogen-bond donors (Lipinski definition) is 1. The van der Waals surface area contributed by atoms with Gasteiger partial charge in [0.15, 0.2) is 18.1 Å². The first kappa shape index (κ1) is 28.2. The number of hydrogen-bond acceptors (Lipinski definition) is 8. The van der Waals surface area contributed by atoms with Crippen molar-refractivity contribution in [2.45, 2.75) is 0 Å². The third-order valence-electron chi connectivity index (χ3n) is 6.42. The molecule has 218 valence electrons. The smallest absolute Gasteiger partial charge is 0.311 e. The number of amides is 1. The number of ether oxygens (including phenoxy) is 1. The van der Waals surface area contributed by atoms with Crippen LogP contribution < -0.4 is 15.6 Å². The van der Waals surface area contributed by atoms with Gasteiger partial charge in [-0.2, -0.15) is 9.78 Å². The zero-order valence-electron chi connectivity index (χ0n) is 22.4. The molecule has 0 aliphatic carbocycles. The highest BCUT2D eigenvalue weighted by atomic mass is 35.5. The lowest BCUT2D eigenvalue weighted by Gasteiger charge is -2.09. The van der Waals surface area contributed by atoms with Crippen molar-refractivity contribution in [2.75, 3.05) is 11.9 Å². The van der Waals surface area contributed by atoms with E-state index in [9.17, 15) is 24.1 Å². The van der Waals surface area contributed by atoms with Crippen molar-refractivity contribution in [3.05, 3.63) is 128 Å². The topological polar surface area (TPSA) is 142 Å². The maximum absolute atomic E-state index is 13.5. The Labute approximate surface area is 251 Å². The van der Waals surface area contributed by atoms with Crippen molar-refractivity contribution in [2.24, 2.45) is 5.10 Å². The van der Waals surface area contributed by atoms with E-state index in [-0.39, 0.29) is 28.6 Å². The molecule has 4 aromatic carbocycles. The van der Waals surface area contributed by atoms with Gasteiger partial charge in [0.05, 0.1) is 22.0 Å². The molecule has 11 nitrogen and oxygen atoms in total. The number of nitrogens with zero attached hydrogens (tertiary/aromatic N) is 4. The van der Waals surface area contributed by atoms with E-state index in [1.54, 1.807) is 48.5 Å². The monoisotopic (exact) mass is 611 g/mol. The van der Waals surface area contributed by atoms with E-state index in [4.69, 9.17) is 20.8 Å². The van der Waals surface area contributed by atoms with Gasteiger partial charge in [0.1, 0.15) is 11.4 Å². The van der Waals surface area contributed by atoms with E-state index in [0.29, 0.717) is 26.9 Å². The third kappa shape index (κ3) is 5.87. The van der Waals surface area contributed by atoms with Crippen LogP contribution in [0.25, 0.3) is 33.5 Å². The summed E-state index contributed by atoms with van der Waals surface area (Å²) in [6.45, 7) is -0.561. The number of anilines is 1. The predicted molar refractivity (Wildman–Crippen MR) is 163 cm³/mol. The van der Waals surface area contributed by atoms with E-state index >= 15 is 0 Å². The second-order valence-electron chi connectivity index (χ2n) is 9.44. The molecule has 1 N–H and O–H groups in total. The molecule has 0 saturated heterocycles. The fourth-order valence-electron chi connectivity index (χ4n) is 4.43. The maximum Gasteiger partial charge on any atom is 0.311 e. The lowest BCUT2D eigenvalue weighted by atomic mass is 10.2. The standard InChI is InChI=1S/C31H19ClFN5O6/c32-20-9-11-26-19(13-20)14-28(44-26)30-36-24-7-2-1-6-23(24)31(40)37(30)34-16-18-8-10-27(25(12-18)38(41)42)43-17-29(39)35-22-5-3-4-21(33)15-22/h1-16H,17H2,(H,35,39). The zero-order valence-corrected chi connectivity index (χ0v) is 23.2. The summed E-state index contributed by atoms with van der Waals surface area (Å²) in [4.78, 5) is 41.5. The summed E-state index contributed by atoms with van der Waals surface area (Å²) in [5.74, 6) is -0.982. The quantitative estimate of drug-likeness (QED) is 0.119.